The van der Waals surface area contributed by atoms with Gasteiger partial charge >= 0.3 is 0 Å². The molecule has 0 radical (unpaired) electrons. The van der Waals surface area contributed by atoms with Crippen molar-refractivity contribution in [2.24, 2.45) is 5.92 Å². The molecular formula is C55H43NO. The van der Waals surface area contributed by atoms with Crippen LogP contribution in [0.1, 0.15) is 64.5 Å². The normalized spacial score (nSPS) is 20.5. The van der Waals surface area contributed by atoms with E-state index in [0.717, 1.165) is 30.4 Å². The van der Waals surface area contributed by atoms with Crippen LogP contribution >= 0.6 is 0 Å². The van der Waals surface area contributed by atoms with Gasteiger partial charge in [0.25, 0.3) is 0 Å². The van der Waals surface area contributed by atoms with Crippen molar-refractivity contribution in [1.82, 2.24) is 0 Å². The molecule has 0 spiro atoms. The van der Waals surface area contributed by atoms with Crippen molar-refractivity contribution < 1.29 is 4.42 Å². The van der Waals surface area contributed by atoms with E-state index in [2.05, 4.69) is 205 Å². The molecule has 1 aromatic heterocycles. The second-order valence-corrected chi connectivity index (χ2v) is 15.9. The molecule has 7 aromatic rings. The quantitative estimate of drug-likeness (QED) is 0.162. The highest BCUT2D eigenvalue weighted by atomic mass is 16.3. The van der Waals surface area contributed by atoms with E-state index in [1.54, 1.807) is 0 Å². The summed E-state index contributed by atoms with van der Waals surface area (Å²) in [7, 11) is 0. The summed E-state index contributed by atoms with van der Waals surface area (Å²) in [5.41, 5.74) is 14.7. The standard InChI is InChI=1S/C55H43NO/c1-4-14-38(15-5-1)39-24-29-44(30-25-39)56(45-31-26-40(27-32-45)41-28-35-54-50(36-41)49-21-11-13-23-53(49)57-54)46-33-34-48-47-20-10-12-22-51(47)55(52(48)37-46,42-16-6-2-7-17-42)43-18-8-3-9-19-43/h1-24,26,28-31,33-37,39,47,51H,25,27,32H2/t39-,47?,51?/m1/s1. The van der Waals surface area contributed by atoms with E-state index in [1.165, 1.54) is 66.8 Å². The summed E-state index contributed by atoms with van der Waals surface area (Å²) in [4.78, 5) is 2.55. The summed E-state index contributed by atoms with van der Waals surface area (Å²) in [6.07, 6.45) is 24.2. The molecule has 4 aliphatic carbocycles. The number of hydrogen-bond acceptors (Lipinski definition) is 2. The number of anilines is 1. The Kier molecular flexibility index (Phi) is 8.17. The minimum Gasteiger partial charge on any atom is -0.456 e. The molecule has 4 aliphatic rings. The molecule has 6 aromatic carbocycles. The van der Waals surface area contributed by atoms with Crippen molar-refractivity contribution in [2.75, 3.05) is 4.90 Å². The fourth-order valence-corrected chi connectivity index (χ4v) is 10.3. The number of para-hydroxylation sites is 1. The van der Waals surface area contributed by atoms with Gasteiger partial charge in [0.1, 0.15) is 11.2 Å². The first-order chi connectivity index (χ1) is 28.3. The number of rotatable bonds is 7. The van der Waals surface area contributed by atoms with Gasteiger partial charge in [0, 0.05) is 45.6 Å². The van der Waals surface area contributed by atoms with Gasteiger partial charge in [-0.1, -0.05) is 164 Å². The zero-order valence-corrected chi connectivity index (χ0v) is 31.8. The first-order valence-electron chi connectivity index (χ1n) is 20.4. The maximum absolute atomic E-state index is 6.17. The van der Waals surface area contributed by atoms with Crippen LogP contribution in [0.2, 0.25) is 0 Å². The Hall–Kier alpha value is -6.64. The number of nitrogens with zero attached hydrogens (tertiary/aromatic N) is 1. The maximum atomic E-state index is 6.17. The summed E-state index contributed by atoms with van der Waals surface area (Å²) >= 11 is 0. The van der Waals surface area contributed by atoms with Crippen LogP contribution in [-0.2, 0) is 5.41 Å². The molecule has 0 N–H and O–H groups in total. The van der Waals surface area contributed by atoms with Crippen LogP contribution < -0.4 is 4.90 Å². The number of furan rings is 1. The highest BCUT2D eigenvalue weighted by Gasteiger charge is 2.53. The smallest absolute Gasteiger partial charge is 0.135 e. The van der Waals surface area contributed by atoms with E-state index in [9.17, 15) is 0 Å². The lowest BCUT2D eigenvalue weighted by atomic mass is 9.63. The fourth-order valence-electron chi connectivity index (χ4n) is 10.3. The van der Waals surface area contributed by atoms with Crippen LogP contribution in [0, 0.1) is 5.92 Å². The van der Waals surface area contributed by atoms with Crippen molar-refractivity contribution in [2.45, 2.75) is 36.5 Å². The van der Waals surface area contributed by atoms with E-state index in [4.69, 9.17) is 4.42 Å². The van der Waals surface area contributed by atoms with Crippen molar-refractivity contribution in [3.05, 3.63) is 251 Å². The molecule has 57 heavy (non-hydrogen) atoms. The Bertz CT molecular complexity index is 2790. The summed E-state index contributed by atoms with van der Waals surface area (Å²) in [6, 6.07) is 55.7. The third-order valence-corrected chi connectivity index (χ3v) is 12.9. The molecule has 1 heterocycles. The molecule has 0 bridgehead atoms. The largest absolute Gasteiger partial charge is 0.456 e. The zero-order valence-electron chi connectivity index (χ0n) is 31.8. The van der Waals surface area contributed by atoms with Gasteiger partial charge in [-0.3, -0.25) is 0 Å². The zero-order chi connectivity index (χ0) is 37.8. The Labute approximate surface area is 334 Å². The Morgan fingerprint density at radius 1 is 0.596 bits per heavy atom. The molecule has 0 saturated carbocycles. The predicted octanol–water partition coefficient (Wildman–Crippen LogP) is 14.0. The first-order valence-corrected chi connectivity index (χ1v) is 20.4. The molecule has 2 nitrogen and oxygen atoms in total. The van der Waals surface area contributed by atoms with Crippen LogP contribution in [-0.4, -0.2) is 0 Å². The van der Waals surface area contributed by atoms with E-state index in [1.807, 2.05) is 6.07 Å². The van der Waals surface area contributed by atoms with Gasteiger partial charge in [0.2, 0.25) is 0 Å². The average Bonchev–Trinajstić information content (AvgIpc) is 3.81. The van der Waals surface area contributed by atoms with Crippen molar-refractivity contribution in [1.29, 1.82) is 0 Å². The molecule has 11 rings (SSSR count). The number of fused-ring (bicyclic) bond motifs is 6. The van der Waals surface area contributed by atoms with Gasteiger partial charge in [0.15, 0.2) is 0 Å². The summed E-state index contributed by atoms with van der Waals surface area (Å²) in [6.45, 7) is 0. The highest BCUT2D eigenvalue weighted by Crippen LogP contribution is 2.60. The minimum absolute atomic E-state index is 0.260. The van der Waals surface area contributed by atoms with Crippen LogP contribution in [0.25, 0.3) is 27.5 Å². The Balaban J connectivity index is 1.05. The Morgan fingerprint density at radius 3 is 2.05 bits per heavy atom. The van der Waals surface area contributed by atoms with Crippen LogP contribution in [0.3, 0.4) is 0 Å². The molecule has 0 fully saturated rings. The molecule has 0 amide bonds. The highest BCUT2D eigenvalue weighted by molar-refractivity contribution is 6.05. The topological polar surface area (TPSA) is 16.4 Å². The van der Waals surface area contributed by atoms with E-state index >= 15 is 0 Å². The van der Waals surface area contributed by atoms with Crippen LogP contribution in [0.5, 0.6) is 0 Å². The third-order valence-electron chi connectivity index (χ3n) is 12.9. The van der Waals surface area contributed by atoms with E-state index in [0.29, 0.717) is 5.92 Å². The van der Waals surface area contributed by atoms with Gasteiger partial charge in [-0.05, 0) is 101 Å². The minimum atomic E-state index is -0.343. The molecule has 274 valence electrons. The van der Waals surface area contributed by atoms with Crippen molar-refractivity contribution in [3.63, 3.8) is 0 Å². The molecular weight excluding hydrogens is 691 g/mol. The van der Waals surface area contributed by atoms with Crippen LogP contribution in [0.15, 0.2) is 222 Å². The summed E-state index contributed by atoms with van der Waals surface area (Å²) in [5, 5.41) is 2.34. The lowest BCUT2D eigenvalue weighted by Crippen LogP contribution is -2.35. The fraction of sp³-hybridized carbons (Fsp3) is 0.127. The number of benzene rings is 6. The maximum Gasteiger partial charge on any atom is 0.135 e. The van der Waals surface area contributed by atoms with Gasteiger partial charge in [-0.15, -0.1) is 0 Å². The predicted molar refractivity (Wildman–Crippen MR) is 236 cm³/mol. The molecule has 2 heteroatoms. The average molecular weight is 734 g/mol. The number of hydrogen-bond donors (Lipinski definition) is 0. The Morgan fingerprint density at radius 2 is 1.32 bits per heavy atom. The lowest BCUT2D eigenvalue weighted by molar-refractivity contribution is 0.457. The second-order valence-electron chi connectivity index (χ2n) is 15.9. The van der Waals surface area contributed by atoms with Crippen LogP contribution in [0.4, 0.5) is 5.69 Å². The SMILES string of the molecule is C1=CC2c3ccc(N(C4=CC[C@H](c5ccccc5)C=C4)C4=CC=C(c5ccc6oc7ccccc7c6c5)CC4)cc3C(c3ccccc3)(c3ccccc3)C2C=C1. The molecule has 0 saturated heterocycles. The van der Waals surface area contributed by atoms with Crippen molar-refractivity contribution in [3.8, 4) is 0 Å². The van der Waals surface area contributed by atoms with Gasteiger partial charge in [-0.25, -0.2) is 0 Å². The summed E-state index contributed by atoms with van der Waals surface area (Å²) < 4.78 is 6.17. The van der Waals surface area contributed by atoms with Gasteiger partial charge in [-0.2, -0.15) is 0 Å². The van der Waals surface area contributed by atoms with Gasteiger partial charge in [0.05, 0.1) is 5.41 Å². The van der Waals surface area contributed by atoms with Gasteiger partial charge < -0.3 is 9.32 Å². The lowest BCUT2D eigenvalue weighted by Gasteiger charge is -2.39. The monoisotopic (exact) mass is 733 g/mol. The van der Waals surface area contributed by atoms with E-state index < -0.39 is 0 Å². The van der Waals surface area contributed by atoms with Crippen molar-refractivity contribution >= 4 is 33.2 Å². The molecule has 0 aliphatic heterocycles. The molecule has 2 unspecified atom stereocenters. The third kappa shape index (κ3) is 5.54. The first kappa shape index (κ1) is 33.7. The summed E-state index contributed by atoms with van der Waals surface area (Å²) in [5.74, 6) is 0.913. The van der Waals surface area contributed by atoms with E-state index in [-0.39, 0.29) is 17.3 Å². The number of allylic oxidation sites excluding steroid dienone is 11. The molecule has 3 atom stereocenters. The second kappa shape index (κ2) is 13.8.